The Morgan fingerprint density at radius 2 is 1.28 bits per heavy atom. The minimum absolute atomic E-state index is 0.0158. The maximum Gasteiger partial charge on any atom is 0.397 e. The van der Waals surface area contributed by atoms with Gasteiger partial charge in [0, 0.05) is 51.4 Å². The van der Waals surface area contributed by atoms with Crippen LogP contribution in [0.5, 0.6) is 0 Å². The zero-order chi connectivity index (χ0) is 59.0. The number of aliphatic hydroxyl groups is 4. The minimum atomic E-state index is -4.97. The van der Waals surface area contributed by atoms with Crippen molar-refractivity contribution >= 4 is 20.8 Å². The number of ether oxygens (including phenoxy) is 11. The van der Waals surface area contributed by atoms with Crippen molar-refractivity contribution in [2.75, 3.05) is 13.2 Å². The Morgan fingerprint density at radius 1 is 0.671 bits per heavy atom. The van der Waals surface area contributed by atoms with Crippen molar-refractivity contribution in [1.29, 1.82) is 0 Å². The van der Waals surface area contributed by atoms with Crippen LogP contribution in [-0.4, -0.2) is 215 Å². The lowest BCUT2D eigenvalue weighted by Gasteiger charge is -2.61. The van der Waals surface area contributed by atoms with E-state index >= 15 is 0 Å². The molecule has 11 heterocycles. The summed E-state index contributed by atoms with van der Waals surface area (Å²) in [5.74, 6) is 0.0416. The second-order valence-electron chi connectivity index (χ2n) is 27.2. The lowest BCUT2D eigenvalue weighted by molar-refractivity contribution is -0.369. The molecule has 1 unspecified atom stereocenters. The molecular weight excluding hydrogens is 1120 g/mol. The number of aliphatic hydroxyl groups excluding tert-OH is 2. The Hall–Kier alpha value is -1.64. The molecule has 11 fully saturated rings. The molecule has 11 aliphatic heterocycles. The fourth-order valence-corrected chi connectivity index (χ4v) is 17.0. The summed E-state index contributed by atoms with van der Waals surface area (Å²) in [7, 11) is -9.77. The third kappa shape index (κ3) is 11.9. The highest BCUT2D eigenvalue weighted by Crippen LogP contribution is 2.55. The molecule has 27 atom stereocenters. The second kappa shape index (κ2) is 22.1. The molecule has 6 N–H and O–H groups in total. The molecule has 11 aliphatic rings. The van der Waals surface area contributed by atoms with E-state index in [-0.39, 0.29) is 74.3 Å². The molecule has 11 saturated heterocycles. The maximum absolute atomic E-state index is 12.4. The zero-order valence-corrected chi connectivity index (χ0v) is 49.8. The van der Waals surface area contributed by atoms with Crippen LogP contribution >= 0.6 is 0 Å². The smallest absolute Gasteiger partial charge is 0.393 e. The topological polar surface area (TPSA) is 310 Å². The monoisotopic (exact) mass is 1200 g/mol. The van der Waals surface area contributed by atoms with Crippen molar-refractivity contribution in [3.05, 3.63) is 37.0 Å². The van der Waals surface area contributed by atoms with Crippen LogP contribution in [0.1, 0.15) is 145 Å². The Morgan fingerprint density at radius 3 is 1.96 bits per heavy atom. The van der Waals surface area contributed by atoms with E-state index in [0.29, 0.717) is 69.8 Å². The number of rotatable bonds is 13. The molecule has 82 heavy (non-hydrogen) atoms. The van der Waals surface area contributed by atoms with Crippen LogP contribution in [0.25, 0.3) is 0 Å². The standard InChI is InChI=1S/C57H88O23S2/c1-10-14-57(61,29-58)16-11-15-51(4,60)50-31(3)21-37-35(74-50)26-46-56(9,78-37)49(59)48-40(73-46)23-39-47(75-48)30(2)12-17-53(6)44(72-39)27-43-54(7,80-53)18-13-32-33(70-43)22-38-34(69-32)24-42-55(8,76-38)28-41-36(71-42)25-45(79-82(65,66)67)52(5,77-41)19-20-68-81(62,63)64/h10-11,16,30,32-50,58-61H,1,3,12-15,17-29H2,2,4-9H3,(H,62,63,64)(H,65,66,67)/b16-11+/t30-,32-,33+,34+,35+,36+,37-,38-,39-,40+,41-,42-,43-,44+,45-,46-,47+,48+,49+,50-,51+,52+,53-,54+,55+,56-,57?/m0/s1. The zero-order valence-electron chi connectivity index (χ0n) is 48.2. The second-order valence-corrected chi connectivity index (χ2v) is 29.3. The third-order valence-corrected chi connectivity index (χ3v) is 21.7. The predicted molar refractivity (Wildman–Crippen MR) is 288 cm³/mol. The van der Waals surface area contributed by atoms with Crippen LogP contribution < -0.4 is 0 Å². The van der Waals surface area contributed by atoms with Gasteiger partial charge in [-0.2, -0.15) is 16.8 Å². The molecule has 0 aromatic carbocycles. The number of hydrogen-bond acceptors (Lipinski definition) is 21. The highest BCUT2D eigenvalue weighted by molar-refractivity contribution is 7.81. The summed E-state index contributed by atoms with van der Waals surface area (Å²) in [6, 6.07) is 0. The summed E-state index contributed by atoms with van der Waals surface area (Å²) >= 11 is 0. The minimum Gasteiger partial charge on any atom is -0.393 e. The Labute approximate surface area is 481 Å². The van der Waals surface area contributed by atoms with Gasteiger partial charge in [-0.15, -0.1) is 6.58 Å². The van der Waals surface area contributed by atoms with Crippen LogP contribution in [0.2, 0.25) is 0 Å². The summed E-state index contributed by atoms with van der Waals surface area (Å²) in [4.78, 5) is 0. The Bertz CT molecular complexity index is 2640. The highest BCUT2D eigenvalue weighted by Gasteiger charge is 2.66. The van der Waals surface area contributed by atoms with Gasteiger partial charge in [0.15, 0.2) is 0 Å². The summed E-state index contributed by atoms with van der Waals surface area (Å²) in [5, 5.41) is 44.6. The SMILES string of the molecule is C=CCC(O)(/C=C/C[C@@](C)(O)[C@H]1O[C@@H]2C[C@@H]3O[C@@H]4C[C@@H]5O[C@@H]6C[C@@H]7O[C@@H]8C[C@@H]9O[C@]%10(C)C[C@@H]%11O[C@](C)(CCOS(=O)(=O)O)[C@@H](OS(=O)(=O)O)C[C@H]%11O[C@H]%10C[C@H]9O[C@H]8CC[C@@]7(C)O[C@@]6(C)CC[C@H](C)[C@H]5O[C@H]4[C@@H](O)[C@@]3(C)O[C@H]2CC1=C)CO. The first-order valence-electron chi connectivity index (χ1n) is 29.6. The summed E-state index contributed by atoms with van der Waals surface area (Å²) in [5.41, 5.74) is -7.12. The lowest BCUT2D eigenvalue weighted by Crippen LogP contribution is -2.74. The average molecular weight is 1210 g/mol. The van der Waals surface area contributed by atoms with Gasteiger partial charge in [0.2, 0.25) is 0 Å². The molecule has 0 aliphatic carbocycles. The van der Waals surface area contributed by atoms with Crippen LogP contribution in [0.15, 0.2) is 37.0 Å². The van der Waals surface area contributed by atoms with Gasteiger partial charge in [0.25, 0.3) is 0 Å². The predicted octanol–water partition coefficient (Wildman–Crippen LogP) is 4.01. The molecule has 25 heteroatoms. The fourth-order valence-electron chi connectivity index (χ4n) is 16.1. The molecule has 0 bridgehead atoms. The number of hydrogen-bond donors (Lipinski definition) is 6. The van der Waals surface area contributed by atoms with Crippen molar-refractivity contribution in [3.63, 3.8) is 0 Å². The quantitative estimate of drug-likeness (QED) is 0.112. The Balaban J connectivity index is 0.749. The van der Waals surface area contributed by atoms with E-state index in [9.17, 15) is 46.4 Å². The normalized spacial score (nSPS) is 50.9. The van der Waals surface area contributed by atoms with Crippen LogP contribution in [-0.2, 0) is 81.3 Å². The van der Waals surface area contributed by atoms with Crippen LogP contribution in [0.3, 0.4) is 0 Å². The first-order valence-corrected chi connectivity index (χ1v) is 32.3. The van der Waals surface area contributed by atoms with Crippen molar-refractivity contribution in [2.24, 2.45) is 5.92 Å². The van der Waals surface area contributed by atoms with Gasteiger partial charge in [-0.1, -0.05) is 31.7 Å². The molecule has 11 rings (SSSR count). The van der Waals surface area contributed by atoms with Gasteiger partial charge in [0.05, 0.1) is 133 Å². The summed E-state index contributed by atoms with van der Waals surface area (Å²) in [6.45, 7) is 20.4. The van der Waals surface area contributed by atoms with E-state index in [0.717, 1.165) is 6.42 Å². The largest absolute Gasteiger partial charge is 0.397 e. The molecule has 0 saturated carbocycles. The van der Waals surface area contributed by atoms with Crippen LogP contribution in [0, 0.1) is 5.92 Å². The Kier molecular flexibility index (Phi) is 16.7. The van der Waals surface area contributed by atoms with Gasteiger partial charge in [-0.3, -0.25) is 9.11 Å². The van der Waals surface area contributed by atoms with Gasteiger partial charge >= 0.3 is 20.8 Å². The van der Waals surface area contributed by atoms with Crippen molar-refractivity contribution in [1.82, 2.24) is 0 Å². The van der Waals surface area contributed by atoms with E-state index in [4.69, 9.17) is 56.3 Å². The summed E-state index contributed by atoms with van der Waals surface area (Å²) < 4.78 is 152. The molecule has 0 radical (unpaired) electrons. The average Bonchev–Trinajstić information content (AvgIpc) is 1.23. The summed E-state index contributed by atoms with van der Waals surface area (Å²) in [6.07, 6.45) is 0.0964. The first kappa shape index (κ1) is 62.0. The molecular formula is C57H88O23S2. The van der Waals surface area contributed by atoms with Crippen molar-refractivity contribution < 1.29 is 107 Å². The van der Waals surface area contributed by atoms with Crippen molar-refractivity contribution in [2.45, 2.75) is 300 Å². The lowest BCUT2D eigenvalue weighted by atomic mass is 9.72. The van der Waals surface area contributed by atoms with E-state index in [1.807, 2.05) is 13.8 Å². The van der Waals surface area contributed by atoms with Gasteiger partial charge in [-0.05, 0) is 98.0 Å². The van der Waals surface area contributed by atoms with Crippen LogP contribution in [0.4, 0.5) is 0 Å². The molecule has 466 valence electrons. The first-order chi connectivity index (χ1) is 38.3. The maximum atomic E-state index is 12.4. The fraction of sp³-hybridized carbons (Fsp3) is 0.895. The van der Waals surface area contributed by atoms with Gasteiger partial charge in [-0.25, -0.2) is 8.37 Å². The van der Waals surface area contributed by atoms with E-state index in [2.05, 4.69) is 38.1 Å². The number of fused-ring (bicyclic) bond motifs is 10. The van der Waals surface area contributed by atoms with Gasteiger partial charge < -0.3 is 72.5 Å². The third-order valence-electron chi connectivity index (χ3n) is 20.8. The van der Waals surface area contributed by atoms with E-state index < -0.39 is 146 Å². The van der Waals surface area contributed by atoms with Gasteiger partial charge in [0.1, 0.15) is 35.6 Å². The van der Waals surface area contributed by atoms with E-state index in [1.165, 1.54) is 19.1 Å². The molecule has 0 aromatic rings. The van der Waals surface area contributed by atoms with E-state index in [1.54, 1.807) is 13.0 Å². The molecule has 23 nitrogen and oxygen atoms in total. The highest BCUT2D eigenvalue weighted by atomic mass is 32.3. The molecule has 0 amide bonds. The van der Waals surface area contributed by atoms with Crippen molar-refractivity contribution in [3.8, 4) is 0 Å². The molecule has 0 aromatic heterocycles. The molecule has 0 spiro atoms.